The van der Waals surface area contributed by atoms with Gasteiger partial charge in [-0.1, -0.05) is 42.3 Å². The Balaban J connectivity index is 1.43. The maximum absolute atomic E-state index is 13.7. The summed E-state index contributed by atoms with van der Waals surface area (Å²) in [6.07, 6.45) is 0.206. The number of rotatable bonds is 8. The number of hydrogen-bond donors (Lipinski definition) is 2. The highest BCUT2D eigenvalue weighted by molar-refractivity contribution is 6.46. The third-order valence-corrected chi connectivity index (χ3v) is 8.42. The van der Waals surface area contributed by atoms with Crippen molar-refractivity contribution < 1.29 is 33.7 Å². The number of nitrogens with one attached hydrogen (secondary N) is 1. The van der Waals surface area contributed by atoms with E-state index in [4.69, 9.17) is 37.4 Å². The molecule has 2 fully saturated rings. The van der Waals surface area contributed by atoms with E-state index in [1.807, 2.05) is 13.0 Å². The zero-order valence-electron chi connectivity index (χ0n) is 22.3. The van der Waals surface area contributed by atoms with Crippen molar-refractivity contribution in [2.75, 3.05) is 33.4 Å². The SMILES string of the molecule is CCc1cc(C2(NC(=O)c3cc4c(Cl)c(Cl)c(OCC5CN(C)C(=O)O5)cc4n3C)CCOC2)ccc1C(=O)O. The van der Waals surface area contributed by atoms with Crippen LogP contribution < -0.4 is 10.1 Å². The van der Waals surface area contributed by atoms with Crippen LogP contribution >= 0.6 is 23.2 Å². The molecule has 0 saturated carbocycles. The predicted molar refractivity (Wildman–Crippen MR) is 149 cm³/mol. The normalized spacial score (nSPS) is 20.7. The number of hydrogen-bond acceptors (Lipinski definition) is 6. The first-order chi connectivity index (χ1) is 19.0. The minimum atomic E-state index is -0.991. The van der Waals surface area contributed by atoms with Crippen molar-refractivity contribution in [1.82, 2.24) is 14.8 Å². The number of cyclic esters (lactones) is 1. The van der Waals surface area contributed by atoms with Crippen molar-refractivity contribution in [3.05, 3.63) is 62.8 Å². The Bertz CT molecular complexity index is 1510. The number of carboxylic acids is 1. The van der Waals surface area contributed by atoms with E-state index in [2.05, 4.69) is 5.32 Å². The van der Waals surface area contributed by atoms with Crippen molar-refractivity contribution in [3.63, 3.8) is 0 Å². The number of carboxylic acid groups (broad SMARTS) is 1. The number of benzene rings is 2. The Morgan fingerprint density at radius 2 is 1.98 bits per heavy atom. The molecule has 0 bridgehead atoms. The number of likely N-dealkylation sites (N-methyl/N-ethyl adjacent to an activating group) is 1. The van der Waals surface area contributed by atoms with Gasteiger partial charge in [-0.2, -0.15) is 0 Å². The molecule has 0 aliphatic carbocycles. The quantitative estimate of drug-likeness (QED) is 0.393. The molecule has 3 aromatic rings. The number of aromatic carboxylic acids is 1. The van der Waals surface area contributed by atoms with Gasteiger partial charge in [0.1, 0.15) is 23.1 Å². The molecular weight excluding hydrogens is 561 g/mol. The standard InChI is InChI=1S/C28H29Cl2N3O7/c1-4-15-9-16(5-6-18(15)26(35)36)28(7-8-38-14-28)31-25(34)21-10-19-20(33(21)3)11-22(24(30)23(19)29)39-13-17-12-32(2)27(37)40-17/h5-6,9-11,17H,4,7-8,12-14H2,1-3H3,(H,31,34)(H,35,36). The van der Waals surface area contributed by atoms with Gasteiger partial charge < -0.3 is 34.1 Å². The van der Waals surface area contributed by atoms with Gasteiger partial charge in [0, 0.05) is 38.6 Å². The third-order valence-electron chi connectivity index (χ3n) is 7.55. The molecular formula is C28H29Cl2N3O7. The van der Waals surface area contributed by atoms with Crippen LogP contribution in [0.1, 0.15) is 45.3 Å². The minimum Gasteiger partial charge on any atom is -0.488 e. The number of ether oxygens (including phenoxy) is 3. The average Bonchev–Trinajstić information content (AvgIpc) is 3.63. The highest BCUT2D eigenvalue weighted by atomic mass is 35.5. The average molecular weight is 590 g/mol. The summed E-state index contributed by atoms with van der Waals surface area (Å²) < 4.78 is 18.5. The number of aromatic nitrogens is 1. The smallest absolute Gasteiger partial charge is 0.410 e. The molecule has 2 atom stereocenters. The van der Waals surface area contributed by atoms with E-state index in [1.54, 1.807) is 42.9 Å². The van der Waals surface area contributed by atoms with Crippen LogP contribution in [-0.4, -0.2) is 72.1 Å². The van der Waals surface area contributed by atoms with Gasteiger partial charge in [0.25, 0.3) is 5.91 Å². The molecule has 2 amide bonds. The molecule has 10 nitrogen and oxygen atoms in total. The second-order valence-corrected chi connectivity index (χ2v) is 10.8. The van der Waals surface area contributed by atoms with Gasteiger partial charge in [0.15, 0.2) is 6.10 Å². The predicted octanol–water partition coefficient (Wildman–Crippen LogP) is 4.62. The molecule has 5 rings (SSSR count). The van der Waals surface area contributed by atoms with E-state index in [-0.39, 0.29) is 34.7 Å². The fourth-order valence-corrected chi connectivity index (χ4v) is 5.72. The van der Waals surface area contributed by atoms with Gasteiger partial charge in [-0.3, -0.25) is 4.79 Å². The lowest BCUT2D eigenvalue weighted by Crippen LogP contribution is -2.47. The lowest BCUT2D eigenvalue weighted by Gasteiger charge is -2.30. The van der Waals surface area contributed by atoms with Crippen LogP contribution in [-0.2, 0) is 28.5 Å². The van der Waals surface area contributed by atoms with E-state index in [1.165, 1.54) is 4.90 Å². The number of nitrogens with zero attached hydrogens (tertiary/aromatic N) is 2. The molecule has 12 heteroatoms. The first kappa shape index (κ1) is 28.1. The second kappa shape index (κ2) is 10.8. The maximum atomic E-state index is 13.7. The number of carbonyl (C=O) groups is 3. The number of aryl methyl sites for hydroxylation is 2. The van der Waals surface area contributed by atoms with Crippen LogP contribution in [0.4, 0.5) is 4.79 Å². The van der Waals surface area contributed by atoms with Gasteiger partial charge in [-0.05, 0) is 29.7 Å². The summed E-state index contributed by atoms with van der Waals surface area (Å²) >= 11 is 13.1. The van der Waals surface area contributed by atoms with Crippen LogP contribution in [0.3, 0.4) is 0 Å². The molecule has 3 heterocycles. The van der Waals surface area contributed by atoms with E-state index in [9.17, 15) is 19.5 Å². The molecule has 2 aliphatic rings. The fourth-order valence-electron chi connectivity index (χ4n) is 5.26. The second-order valence-electron chi connectivity index (χ2n) is 10.1. The summed E-state index contributed by atoms with van der Waals surface area (Å²) in [6.45, 7) is 3.09. The van der Waals surface area contributed by atoms with E-state index >= 15 is 0 Å². The Morgan fingerprint density at radius 3 is 2.60 bits per heavy atom. The first-order valence-electron chi connectivity index (χ1n) is 12.8. The van der Waals surface area contributed by atoms with Crippen molar-refractivity contribution in [1.29, 1.82) is 0 Å². The number of fused-ring (bicyclic) bond motifs is 1. The highest BCUT2D eigenvalue weighted by Crippen LogP contribution is 2.40. The highest BCUT2D eigenvalue weighted by Gasteiger charge is 2.39. The Labute approximate surface area is 240 Å². The molecule has 2 aliphatic heterocycles. The van der Waals surface area contributed by atoms with Crippen molar-refractivity contribution in [3.8, 4) is 5.75 Å². The lowest BCUT2D eigenvalue weighted by atomic mass is 9.86. The summed E-state index contributed by atoms with van der Waals surface area (Å²) in [7, 11) is 3.39. The zero-order chi connectivity index (χ0) is 28.8. The molecule has 2 aromatic carbocycles. The molecule has 2 unspecified atom stereocenters. The van der Waals surface area contributed by atoms with Crippen LogP contribution in [0.5, 0.6) is 5.75 Å². The van der Waals surface area contributed by atoms with Crippen LogP contribution in [0.15, 0.2) is 30.3 Å². The summed E-state index contributed by atoms with van der Waals surface area (Å²) in [6, 6.07) is 8.52. The maximum Gasteiger partial charge on any atom is 0.410 e. The summed E-state index contributed by atoms with van der Waals surface area (Å²) in [5.41, 5.74) is 1.86. The van der Waals surface area contributed by atoms with Gasteiger partial charge in [0.05, 0.1) is 34.8 Å². The molecule has 40 heavy (non-hydrogen) atoms. The molecule has 1 aromatic heterocycles. The molecule has 0 radical (unpaired) electrons. The van der Waals surface area contributed by atoms with Crippen LogP contribution in [0, 0.1) is 0 Å². The molecule has 0 spiro atoms. The summed E-state index contributed by atoms with van der Waals surface area (Å²) in [5.74, 6) is -1.03. The van der Waals surface area contributed by atoms with Crippen molar-refractivity contribution in [2.24, 2.45) is 7.05 Å². The van der Waals surface area contributed by atoms with E-state index in [0.29, 0.717) is 53.9 Å². The van der Waals surface area contributed by atoms with Gasteiger partial charge in [0.2, 0.25) is 0 Å². The number of carbonyl (C=O) groups excluding carboxylic acids is 2. The van der Waals surface area contributed by atoms with Gasteiger partial charge in [-0.15, -0.1) is 0 Å². The van der Waals surface area contributed by atoms with Crippen molar-refractivity contribution in [2.45, 2.75) is 31.4 Å². The number of amides is 2. The minimum absolute atomic E-state index is 0.0956. The van der Waals surface area contributed by atoms with Gasteiger partial charge >= 0.3 is 12.1 Å². The van der Waals surface area contributed by atoms with Gasteiger partial charge in [-0.25, -0.2) is 9.59 Å². The van der Waals surface area contributed by atoms with Crippen LogP contribution in [0.2, 0.25) is 10.0 Å². The monoisotopic (exact) mass is 589 g/mol. The Hall–Kier alpha value is -3.47. The summed E-state index contributed by atoms with van der Waals surface area (Å²) in [5, 5.41) is 13.7. The van der Waals surface area contributed by atoms with E-state index < -0.39 is 23.7 Å². The Morgan fingerprint density at radius 1 is 1.20 bits per heavy atom. The van der Waals surface area contributed by atoms with E-state index in [0.717, 1.165) is 5.56 Å². The molecule has 2 saturated heterocycles. The molecule has 212 valence electrons. The largest absolute Gasteiger partial charge is 0.488 e. The lowest BCUT2D eigenvalue weighted by molar-refractivity contribution is 0.0694. The zero-order valence-corrected chi connectivity index (χ0v) is 23.8. The molecule has 2 N–H and O–H groups in total. The third kappa shape index (κ3) is 4.95. The number of halogens is 2. The fraction of sp³-hybridized carbons (Fsp3) is 0.393. The Kier molecular flexibility index (Phi) is 7.60. The van der Waals surface area contributed by atoms with Crippen LogP contribution in [0.25, 0.3) is 10.9 Å². The first-order valence-corrected chi connectivity index (χ1v) is 13.6. The van der Waals surface area contributed by atoms with Crippen molar-refractivity contribution >= 4 is 52.1 Å². The summed E-state index contributed by atoms with van der Waals surface area (Å²) in [4.78, 5) is 38.4. The topological polar surface area (TPSA) is 119 Å².